The first-order valence-corrected chi connectivity index (χ1v) is 12.5. The van der Waals surface area contributed by atoms with Gasteiger partial charge in [0, 0.05) is 10.6 Å². The summed E-state index contributed by atoms with van der Waals surface area (Å²) in [6.45, 7) is -0.280. The number of thioether (sulfide) groups is 1. The van der Waals surface area contributed by atoms with E-state index in [0.29, 0.717) is 14.9 Å². The van der Waals surface area contributed by atoms with E-state index in [9.17, 15) is 18.8 Å². The summed E-state index contributed by atoms with van der Waals surface area (Å²) in [5, 5.41) is 1.35. The molecule has 2 heterocycles. The first-order valence-electron chi connectivity index (χ1n) is 9.60. The minimum Gasteiger partial charge on any atom is -0.493 e. The lowest BCUT2D eigenvalue weighted by Crippen LogP contribution is -2.28. The molecule has 34 heavy (non-hydrogen) atoms. The number of ether oxygens (including phenoxy) is 2. The lowest BCUT2D eigenvalue weighted by Gasteiger charge is -2.14. The molecule has 3 aromatic rings. The monoisotopic (exact) mass is 581 g/mol. The molecule has 0 aliphatic carbocycles. The van der Waals surface area contributed by atoms with E-state index < -0.39 is 22.9 Å². The van der Waals surface area contributed by atoms with Gasteiger partial charge in [0.15, 0.2) is 11.5 Å². The topological polar surface area (TPSA) is 72.9 Å². The highest BCUT2D eigenvalue weighted by molar-refractivity contribution is 9.10. The van der Waals surface area contributed by atoms with Crippen molar-refractivity contribution in [3.8, 4) is 11.5 Å². The number of thiophene rings is 1. The molecule has 4 rings (SSSR count). The number of imide groups is 1. The summed E-state index contributed by atoms with van der Waals surface area (Å²) in [7, 11) is 1.42. The Bertz CT molecular complexity index is 1310. The maximum atomic E-state index is 14.1. The van der Waals surface area contributed by atoms with Crippen LogP contribution in [0.25, 0.3) is 6.08 Å². The van der Waals surface area contributed by atoms with Gasteiger partial charge in [-0.05, 0) is 75.0 Å². The number of benzene rings is 2. The molecule has 0 N–H and O–H groups in total. The Morgan fingerprint density at radius 1 is 1.24 bits per heavy atom. The van der Waals surface area contributed by atoms with Gasteiger partial charge in [0.05, 0.1) is 23.0 Å². The molecule has 1 saturated heterocycles. The van der Waals surface area contributed by atoms with Crippen LogP contribution in [0.1, 0.15) is 20.8 Å². The fourth-order valence-electron chi connectivity index (χ4n) is 3.09. The third kappa shape index (κ3) is 5.05. The number of amides is 2. The van der Waals surface area contributed by atoms with Gasteiger partial charge in [0.25, 0.3) is 11.1 Å². The van der Waals surface area contributed by atoms with E-state index in [0.717, 1.165) is 16.7 Å². The molecule has 1 aromatic heterocycles. The second-order valence-corrected chi connectivity index (χ2v) is 10.1. The molecule has 0 atom stereocenters. The number of esters is 1. The highest BCUT2D eigenvalue weighted by atomic mass is 79.9. The van der Waals surface area contributed by atoms with Crippen LogP contribution in [-0.2, 0) is 11.3 Å². The van der Waals surface area contributed by atoms with Crippen LogP contribution in [0.2, 0.25) is 5.02 Å². The van der Waals surface area contributed by atoms with Gasteiger partial charge in [-0.1, -0.05) is 23.7 Å². The molecule has 0 unspecified atom stereocenters. The Balaban J connectivity index is 1.59. The molecule has 1 aliphatic rings. The fraction of sp³-hybridized carbons (Fsp3) is 0.0870. The van der Waals surface area contributed by atoms with Crippen molar-refractivity contribution in [2.24, 2.45) is 0 Å². The van der Waals surface area contributed by atoms with Crippen molar-refractivity contribution in [2.75, 3.05) is 7.11 Å². The fourth-order valence-corrected chi connectivity index (χ4v) is 5.29. The largest absolute Gasteiger partial charge is 0.493 e. The molecule has 1 aliphatic heterocycles. The summed E-state index contributed by atoms with van der Waals surface area (Å²) >= 11 is 11.4. The number of carbonyl (C=O) groups excluding carboxylic acids is 3. The summed E-state index contributed by atoms with van der Waals surface area (Å²) in [6, 6.07) is 10.7. The zero-order valence-corrected chi connectivity index (χ0v) is 21.3. The zero-order chi connectivity index (χ0) is 24.4. The molecule has 2 aromatic carbocycles. The van der Waals surface area contributed by atoms with Gasteiger partial charge < -0.3 is 9.47 Å². The van der Waals surface area contributed by atoms with Crippen LogP contribution in [-0.4, -0.2) is 29.1 Å². The van der Waals surface area contributed by atoms with Crippen molar-refractivity contribution in [1.82, 2.24) is 4.90 Å². The standard InChI is InChI=1S/C23H14BrClFNO5S2/c1-31-17-9-12(8-14(24)20(17)32-22(29)18-6-3-7-33-18)10-19-21(28)27(23(30)34-19)11-13-15(25)4-2-5-16(13)26/h2-10H,11H2,1H3/b19-10-. The third-order valence-electron chi connectivity index (χ3n) is 4.72. The number of hydrogen-bond acceptors (Lipinski definition) is 7. The maximum absolute atomic E-state index is 14.1. The summed E-state index contributed by atoms with van der Waals surface area (Å²) in [6.07, 6.45) is 1.51. The average molecular weight is 583 g/mol. The predicted molar refractivity (Wildman–Crippen MR) is 133 cm³/mol. The maximum Gasteiger partial charge on any atom is 0.353 e. The van der Waals surface area contributed by atoms with Crippen molar-refractivity contribution >= 4 is 73.8 Å². The Morgan fingerprint density at radius 2 is 2.03 bits per heavy atom. The van der Waals surface area contributed by atoms with E-state index in [1.165, 1.54) is 42.7 Å². The van der Waals surface area contributed by atoms with E-state index in [1.807, 2.05) is 0 Å². The Morgan fingerprint density at radius 3 is 2.71 bits per heavy atom. The predicted octanol–water partition coefficient (Wildman–Crippen LogP) is 6.77. The Kier molecular flexibility index (Phi) is 7.42. The van der Waals surface area contributed by atoms with Crippen LogP contribution in [0.3, 0.4) is 0 Å². The SMILES string of the molecule is COc1cc(/C=C2\SC(=O)N(Cc3c(F)cccc3Cl)C2=O)cc(Br)c1OC(=O)c1cccs1. The number of halogens is 3. The van der Waals surface area contributed by atoms with Crippen molar-refractivity contribution in [2.45, 2.75) is 6.54 Å². The van der Waals surface area contributed by atoms with Gasteiger partial charge >= 0.3 is 5.97 Å². The molecule has 6 nitrogen and oxygen atoms in total. The summed E-state index contributed by atoms with van der Waals surface area (Å²) in [5.41, 5.74) is 0.586. The molecule has 0 bridgehead atoms. The highest BCUT2D eigenvalue weighted by Gasteiger charge is 2.36. The molecule has 1 fully saturated rings. The van der Waals surface area contributed by atoms with E-state index in [-0.39, 0.29) is 33.5 Å². The van der Waals surface area contributed by atoms with Gasteiger partial charge in [0.2, 0.25) is 0 Å². The quantitative estimate of drug-likeness (QED) is 0.182. The lowest BCUT2D eigenvalue weighted by molar-refractivity contribution is -0.123. The van der Waals surface area contributed by atoms with Crippen molar-refractivity contribution < 1.29 is 28.2 Å². The summed E-state index contributed by atoms with van der Waals surface area (Å²) in [4.78, 5) is 39.2. The molecule has 11 heteroatoms. The van der Waals surface area contributed by atoms with Crippen molar-refractivity contribution in [3.05, 3.63) is 84.1 Å². The average Bonchev–Trinajstić information content (AvgIpc) is 3.42. The highest BCUT2D eigenvalue weighted by Crippen LogP contribution is 2.40. The van der Waals surface area contributed by atoms with Crippen molar-refractivity contribution in [3.63, 3.8) is 0 Å². The normalized spacial score (nSPS) is 14.7. The second-order valence-electron chi connectivity index (χ2n) is 6.87. The van der Waals surface area contributed by atoms with Gasteiger partial charge in [-0.2, -0.15) is 0 Å². The van der Waals surface area contributed by atoms with Gasteiger partial charge in [-0.25, -0.2) is 9.18 Å². The smallest absolute Gasteiger partial charge is 0.353 e. The second kappa shape index (κ2) is 10.3. The minimum atomic E-state index is -0.600. The summed E-state index contributed by atoms with van der Waals surface area (Å²) < 4.78 is 25.4. The molecule has 174 valence electrons. The first-order chi connectivity index (χ1) is 16.3. The van der Waals surface area contributed by atoms with E-state index in [1.54, 1.807) is 29.6 Å². The summed E-state index contributed by atoms with van der Waals surface area (Å²) in [5.74, 6) is -1.27. The number of rotatable bonds is 6. The molecular formula is C23H14BrClFNO5S2. The Labute approximate surface area is 215 Å². The van der Waals surface area contributed by atoms with Gasteiger partial charge in [-0.3, -0.25) is 14.5 Å². The third-order valence-corrected chi connectivity index (χ3v) is 7.42. The molecule has 0 radical (unpaired) electrons. The van der Waals surface area contributed by atoms with Crippen LogP contribution in [0.5, 0.6) is 11.5 Å². The van der Waals surface area contributed by atoms with E-state index >= 15 is 0 Å². The van der Waals surface area contributed by atoms with Gasteiger partial charge in [0.1, 0.15) is 10.7 Å². The zero-order valence-electron chi connectivity index (χ0n) is 17.3. The number of nitrogens with zero attached hydrogens (tertiary/aromatic N) is 1. The van der Waals surface area contributed by atoms with Gasteiger partial charge in [-0.15, -0.1) is 11.3 Å². The lowest BCUT2D eigenvalue weighted by atomic mass is 10.1. The molecule has 2 amide bonds. The van der Waals surface area contributed by atoms with Crippen LogP contribution in [0.15, 0.2) is 57.2 Å². The van der Waals surface area contributed by atoms with Crippen LogP contribution in [0.4, 0.5) is 9.18 Å². The molecular weight excluding hydrogens is 569 g/mol. The Hall–Kier alpha value is -2.66. The van der Waals surface area contributed by atoms with Crippen LogP contribution >= 0.6 is 50.6 Å². The number of hydrogen-bond donors (Lipinski definition) is 0. The van der Waals surface area contributed by atoms with Crippen molar-refractivity contribution in [1.29, 1.82) is 0 Å². The first kappa shape index (κ1) is 24.5. The van der Waals surface area contributed by atoms with Crippen LogP contribution in [0, 0.1) is 5.82 Å². The minimum absolute atomic E-state index is 0.0639. The molecule has 0 spiro atoms. The number of methoxy groups -OCH3 is 1. The van der Waals surface area contributed by atoms with E-state index in [2.05, 4.69) is 15.9 Å². The number of carbonyl (C=O) groups is 3. The molecule has 0 saturated carbocycles. The van der Waals surface area contributed by atoms with Crippen LogP contribution < -0.4 is 9.47 Å². The van der Waals surface area contributed by atoms with E-state index in [4.69, 9.17) is 21.1 Å².